The highest BCUT2D eigenvalue weighted by Crippen LogP contribution is 2.51. The van der Waals surface area contributed by atoms with Crippen molar-refractivity contribution >= 4 is 27.3 Å². The molecule has 8 heteroatoms. The third-order valence-electron chi connectivity index (χ3n) is 2.37. The molecule has 1 rings (SSSR count). The van der Waals surface area contributed by atoms with Gasteiger partial charge >= 0.3 is 12.4 Å². The Kier molecular flexibility index (Phi) is 4.42. The van der Waals surface area contributed by atoms with Gasteiger partial charge in [0.05, 0.1) is 4.83 Å². The first-order valence-electron chi connectivity index (χ1n) is 4.79. The van der Waals surface area contributed by atoms with Gasteiger partial charge in [-0.15, -0.1) is 11.3 Å². The van der Waals surface area contributed by atoms with Crippen molar-refractivity contribution in [2.24, 2.45) is 5.92 Å². The Hall–Kier alpha value is -0.240. The molecule has 18 heavy (non-hydrogen) atoms. The van der Waals surface area contributed by atoms with Crippen LogP contribution in [0.3, 0.4) is 0 Å². The van der Waals surface area contributed by atoms with Crippen molar-refractivity contribution in [2.75, 3.05) is 0 Å². The van der Waals surface area contributed by atoms with Crippen LogP contribution in [-0.4, -0.2) is 12.4 Å². The molecule has 0 radical (unpaired) electrons. The Morgan fingerprint density at radius 2 is 1.50 bits per heavy atom. The van der Waals surface area contributed by atoms with Gasteiger partial charge in [0.1, 0.15) is 0 Å². The lowest BCUT2D eigenvalue weighted by Crippen LogP contribution is -2.39. The molecule has 0 aliphatic rings. The number of hydrogen-bond donors (Lipinski definition) is 0. The number of rotatable bonds is 2. The molecule has 1 aromatic rings. The quantitative estimate of drug-likeness (QED) is 0.483. The second kappa shape index (κ2) is 5.03. The van der Waals surface area contributed by atoms with Crippen molar-refractivity contribution in [1.29, 1.82) is 0 Å². The predicted molar refractivity (Wildman–Crippen MR) is 61.1 cm³/mol. The molecule has 1 unspecified atom stereocenters. The molecule has 1 heterocycles. The van der Waals surface area contributed by atoms with Crippen LogP contribution in [0.1, 0.15) is 20.1 Å². The van der Waals surface area contributed by atoms with E-state index in [1.807, 2.05) is 0 Å². The standard InChI is InChI=1S/C10H9BrF6S/c1-4-3-6(5(2)18-4)7(11)8(9(12,13)14)10(15,16)17/h3,7-8H,1-2H3. The van der Waals surface area contributed by atoms with Crippen LogP contribution in [0.4, 0.5) is 26.3 Å². The molecule has 1 atom stereocenters. The molecule has 0 aromatic carbocycles. The van der Waals surface area contributed by atoms with E-state index in [9.17, 15) is 26.3 Å². The lowest BCUT2D eigenvalue weighted by molar-refractivity contribution is -0.283. The Labute approximate surface area is 112 Å². The van der Waals surface area contributed by atoms with Gasteiger partial charge in [0.2, 0.25) is 0 Å². The van der Waals surface area contributed by atoms with E-state index in [1.165, 1.54) is 24.3 Å². The smallest absolute Gasteiger partial charge is 0.170 e. The molecule has 0 nitrogen and oxygen atoms in total. The van der Waals surface area contributed by atoms with Crippen LogP contribution in [0, 0.1) is 19.8 Å². The number of halogens is 7. The molecule has 0 saturated carbocycles. The van der Waals surface area contributed by atoms with Crippen LogP contribution in [0.5, 0.6) is 0 Å². The van der Waals surface area contributed by atoms with E-state index in [0.717, 1.165) is 0 Å². The minimum atomic E-state index is -5.34. The number of aryl methyl sites for hydroxylation is 2. The molecule has 104 valence electrons. The zero-order valence-corrected chi connectivity index (χ0v) is 11.7. The summed E-state index contributed by atoms with van der Waals surface area (Å²) in [6.45, 7) is 3.14. The molecule has 0 fully saturated rings. The van der Waals surface area contributed by atoms with Gasteiger partial charge in [0.25, 0.3) is 0 Å². The van der Waals surface area contributed by atoms with Crippen molar-refractivity contribution in [1.82, 2.24) is 0 Å². The van der Waals surface area contributed by atoms with Crippen molar-refractivity contribution in [3.05, 3.63) is 21.4 Å². The third kappa shape index (κ3) is 3.40. The summed E-state index contributed by atoms with van der Waals surface area (Å²) < 4.78 is 75.3. The highest BCUT2D eigenvalue weighted by atomic mass is 79.9. The molecule has 0 saturated heterocycles. The predicted octanol–water partition coefficient (Wildman–Crippen LogP) is 5.54. The van der Waals surface area contributed by atoms with E-state index in [-0.39, 0.29) is 5.56 Å². The van der Waals surface area contributed by atoms with Gasteiger partial charge in [-0.2, -0.15) is 26.3 Å². The topological polar surface area (TPSA) is 0 Å². The normalized spacial score (nSPS) is 15.2. The first-order valence-corrected chi connectivity index (χ1v) is 6.52. The summed E-state index contributed by atoms with van der Waals surface area (Å²) >= 11 is 3.73. The van der Waals surface area contributed by atoms with Gasteiger partial charge in [0, 0.05) is 9.75 Å². The largest absolute Gasteiger partial charge is 0.401 e. The molecule has 0 spiro atoms. The second-order valence-corrected chi connectivity index (χ2v) is 6.28. The van der Waals surface area contributed by atoms with E-state index in [0.29, 0.717) is 9.75 Å². The zero-order valence-electron chi connectivity index (χ0n) is 9.29. The number of thiophene rings is 1. The summed E-state index contributed by atoms with van der Waals surface area (Å²) in [5, 5.41) is 0. The average molecular weight is 355 g/mol. The highest BCUT2D eigenvalue weighted by molar-refractivity contribution is 9.09. The van der Waals surface area contributed by atoms with E-state index < -0.39 is 23.1 Å². The summed E-state index contributed by atoms with van der Waals surface area (Å²) in [6.07, 6.45) is -10.7. The van der Waals surface area contributed by atoms with Gasteiger partial charge in [-0.25, -0.2) is 0 Å². The molecule has 0 aliphatic carbocycles. The molecule has 0 N–H and O–H groups in total. The minimum Gasteiger partial charge on any atom is -0.170 e. The first kappa shape index (κ1) is 15.8. The Bertz CT molecular complexity index is 405. The Morgan fingerprint density at radius 3 is 1.78 bits per heavy atom. The molecule has 0 amide bonds. The monoisotopic (exact) mass is 354 g/mol. The van der Waals surface area contributed by atoms with E-state index in [1.54, 1.807) is 6.92 Å². The maximum atomic E-state index is 12.5. The number of alkyl halides is 7. The Balaban J connectivity index is 3.19. The summed E-state index contributed by atoms with van der Waals surface area (Å²) in [7, 11) is 0. The SMILES string of the molecule is Cc1cc(C(Br)C(C(F)(F)F)C(F)(F)F)c(C)s1. The summed E-state index contributed by atoms with van der Waals surface area (Å²) in [6, 6.07) is 1.35. The van der Waals surface area contributed by atoms with Gasteiger partial charge in [-0.3, -0.25) is 0 Å². The maximum absolute atomic E-state index is 12.5. The van der Waals surface area contributed by atoms with Gasteiger partial charge in [-0.05, 0) is 25.5 Å². The molecular weight excluding hydrogens is 346 g/mol. The van der Waals surface area contributed by atoms with E-state index >= 15 is 0 Å². The fraction of sp³-hybridized carbons (Fsp3) is 0.600. The maximum Gasteiger partial charge on any atom is 0.401 e. The van der Waals surface area contributed by atoms with Crippen molar-refractivity contribution in [3.8, 4) is 0 Å². The van der Waals surface area contributed by atoms with Crippen molar-refractivity contribution in [2.45, 2.75) is 31.0 Å². The first-order chi connectivity index (χ1) is 7.94. The van der Waals surface area contributed by atoms with Gasteiger partial charge < -0.3 is 0 Å². The van der Waals surface area contributed by atoms with Crippen molar-refractivity contribution in [3.63, 3.8) is 0 Å². The second-order valence-electron chi connectivity index (χ2n) is 3.83. The Morgan fingerprint density at radius 1 is 1.06 bits per heavy atom. The minimum absolute atomic E-state index is 0.0390. The zero-order chi connectivity index (χ0) is 14.3. The van der Waals surface area contributed by atoms with Crippen LogP contribution < -0.4 is 0 Å². The van der Waals surface area contributed by atoms with Crippen molar-refractivity contribution < 1.29 is 26.3 Å². The fourth-order valence-corrected chi connectivity index (χ4v) is 3.82. The fourth-order valence-electron chi connectivity index (χ4n) is 1.62. The van der Waals surface area contributed by atoms with Crippen LogP contribution >= 0.6 is 27.3 Å². The molecule has 0 aliphatic heterocycles. The van der Waals surface area contributed by atoms with Crippen LogP contribution in [0.2, 0.25) is 0 Å². The molecule has 1 aromatic heterocycles. The third-order valence-corrected chi connectivity index (χ3v) is 4.38. The lowest BCUT2D eigenvalue weighted by atomic mass is 9.98. The number of hydrogen-bond acceptors (Lipinski definition) is 1. The van der Waals surface area contributed by atoms with Crippen LogP contribution in [0.25, 0.3) is 0 Å². The van der Waals surface area contributed by atoms with Crippen LogP contribution in [0.15, 0.2) is 6.07 Å². The lowest BCUT2D eigenvalue weighted by Gasteiger charge is -2.27. The molecule has 0 bridgehead atoms. The van der Waals surface area contributed by atoms with E-state index in [4.69, 9.17) is 0 Å². The average Bonchev–Trinajstić information content (AvgIpc) is 2.39. The highest BCUT2D eigenvalue weighted by Gasteiger charge is 2.60. The summed E-state index contributed by atoms with van der Waals surface area (Å²) in [5.74, 6) is -3.40. The molecular formula is C10H9BrF6S. The van der Waals surface area contributed by atoms with Gasteiger partial charge in [0.15, 0.2) is 5.92 Å². The summed E-state index contributed by atoms with van der Waals surface area (Å²) in [5.41, 5.74) is 0.0390. The van der Waals surface area contributed by atoms with E-state index in [2.05, 4.69) is 15.9 Å². The summed E-state index contributed by atoms with van der Waals surface area (Å²) in [4.78, 5) is -0.689. The van der Waals surface area contributed by atoms with Crippen LogP contribution in [-0.2, 0) is 0 Å². The van der Waals surface area contributed by atoms with Gasteiger partial charge in [-0.1, -0.05) is 15.9 Å².